The van der Waals surface area contributed by atoms with Crippen molar-refractivity contribution in [2.45, 2.75) is 18.2 Å². The van der Waals surface area contributed by atoms with Gasteiger partial charge in [0, 0.05) is 38.8 Å². The molecule has 0 spiro atoms. The number of benzene rings is 1. The Morgan fingerprint density at radius 2 is 1.81 bits per heavy atom. The summed E-state index contributed by atoms with van der Waals surface area (Å²) in [6, 6.07) is 10.0. The Labute approximate surface area is 127 Å². The average molecular weight is 309 g/mol. The summed E-state index contributed by atoms with van der Waals surface area (Å²) in [5.41, 5.74) is 0.861. The van der Waals surface area contributed by atoms with Crippen molar-refractivity contribution in [3.05, 3.63) is 35.9 Å². The van der Waals surface area contributed by atoms with Gasteiger partial charge in [0.25, 0.3) is 0 Å². The minimum absolute atomic E-state index is 0.110. The fourth-order valence-corrected chi connectivity index (χ4v) is 4.69. The van der Waals surface area contributed by atoms with E-state index in [1.165, 1.54) is 6.42 Å². The van der Waals surface area contributed by atoms with Gasteiger partial charge in [-0.1, -0.05) is 30.3 Å². The van der Waals surface area contributed by atoms with Crippen LogP contribution in [0.25, 0.3) is 0 Å². The highest BCUT2D eigenvalue weighted by Crippen LogP contribution is 2.16. The first-order chi connectivity index (χ1) is 10.1. The third kappa shape index (κ3) is 3.63. The summed E-state index contributed by atoms with van der Waals surface area (Å²) in [6.07, 6.45) is 1.18. The van der Waals surface area contributed by atoms with Gasteiger partial charge < -0.3 is 5.32 Å². The van der Waals surface area contributed by atoms with Crippen LogP contribution in [0.3, 0.4) is 0 Å². The molecule has 2 fully saturated rings. The highest BCUT2D eigenvalue weighted by molar-refractivity contribution is 7.88. The second-order valence-electron chi connectivity index (χ2n) is 5.82. The molecule has 1 unspecified atom stereocenters. The summed E-state index contributed by atoms with van der Waals surface area (Å²) in [5.74, 6) is 0.110. The topological polar surface area (TPSA) is 52.7 Å². The second kappa shape index (κ2) is 6.44. The lowest BCUT2D eigenvalue weighted by Gasteiger charge is -2.37. The fraction of sp³-hybridized carbons (Fsp3) is 0.600. The summed E-state index contributed by atoms with van der Waals surface area (Å²) in [6.45, 7) is 5.05. The van der Waals surface area contributed by atoms with Crippen LogP contribution in [0.15, 0.2) is 30.3 Å². The Kier molecular flexibility index (Phi) is 4.59. The van der Waals surface area contributed by atoms with E-state index in [0.29, 0.717) is 19.1 Å². The zero-order chi connectivity index (χ0) is 14.7. The van der Waals surface area contributed by atoms with Gasteiger partial charge in [0.05, 0.1) is 5.75 Å². The van der Waals surface area contributed by atoms with Gasteiger partial charge in [-0.15, -0.1) is 0 Å². The van der Waals surface area contributed by atoms with Gasteiger partial charge >= 0.3 is 0 Å². The molecule has 0 amide bonds. The maximum atomic E-state index is 12.5. The molecule has 0 aromatic heterocycles. The molecule has 0 bridgehead atoms. The van der Waals surface area contributed by atoms with Gasteiger partial charge in [-0.2, -0.15) is 4.31 Å². The molecule has 1 aromatic rings. The molecule has 1 N–H and O–H groups in total. The molecule has 0 saturated carbocycles. The van der Waals surface area contributed by atoms with E-state index in [1.54, 1.807) is 4.31 Å². The van der Waals surface area contributed by atoms with Crippen molar-refractivity contribution >= 4 is 10.0 Å². The molecule has 2 heterocycles. The van der Waals surface area contributed by atoms with Crippen LogP contribution in [0.5, 0.6) is 0 Å². The van der Waals surface area contributed by atoms with Crippen molar-refractivity contribution in [3.8, 4) is 0 Å². The molecule has 0 aliphatic carbocycles. The molecule has 5 nitrogen and oxygen atoms in total. The van der Waals surface area contributed by atoms with Crippen molar-refractivity contribution in [2.75, 3.05) is 39.3 Å². The van der Waals surface area contributed by atoms with Crippen molar-refractivity contribution in [1.82, 2.24) is 14.5 Å². The Balaban J connectivity index is 1.58. The van der Waals surface area contributed by atoms with E-state index >= 15 is 0 Å². The van der Waals surface area contributed by atoms with Crippen molar-refractivity contribution < 1.29 is 8.42 Å². The molecule has 2 aliphatic rings. The summed E-state index contributed by atoms with van der Waals surface area (Å²) >= 11 is 0. The van der Waals surface area contributed by atoms with Crippen molar-refractivity contribution in [3.63, 3.8) is 0 Å². The van der Waals surface area contributed by atoms with Crippen LogP contribution in [0.2, 0.25) is 0 Å². The molecular formula is C15H23N3O2S. The molecule has 2 saturated heterocycles. The smallest absolute Gasteiger partial charge is 0.218 e. The monoisotopic (exact) mass is 309 g/mol. The zero-order valence-corrected chi connectivity index (χ0v) is 13.1. The number of piperazine rings is 1. The first kappa shape index (κ1) is 15.0. The molecule has 1 atom stereocenters. The summed E-state index contributed by atoms with van der Waals surface area (Å²) < 4.78 is 26.6. The Bertz CT molecular complexity index is 548. The van der Waals surface area contributed by atoms with Crippen molar-refractivity contribution in [2.24, 2.45) is 0 Å². The number of nitrogens with zero attached hydrogens (tertiary/aromatic N) is 2. The minimum atomic E-state index is -3.19. The summed E-state index contributed by atoms with van der Waals surface area (Å²) in [5, 5.41) is 3.37. The molecule has 1 aromatic carbocycles. The van der Waals surface area contributed by atoms with Crippen LogP contribution in [-0.2, 0) is 15.8 Å². The van der Waals surface area contributed by atoms with E-state index in [9.17, 15) is 8.42 Å². The van der Waals surface area contributed by atoms with Gasteiger partial charge in [-0.25, -0.2) is 8.42 Å². The van der Waals surface area contributed by atoms with E-state index in [1.807, 2.05) is 30.3 Å². The molecular weight excluding hydrogens is 286 g/mol. The summed E-state index contributed by atoms with van der Waals surface area (Å²) in [4.78, 5) is 2.43. The Morgan fingerprint density at radius 1 is 1.10 bits per heavy atom. The highest BCUT2D eigenvalue weighted by Gasteiger charge is 2.30. The van der Waals surface area contributed by atoms with Crippen LogP contribution in [-0.4, -0.2) is 62.9 Å². The first-order valence-corrected chi connectivity index (χ1v) is 9.22. The largest absolute Gasteiger partial charge is 0.315 e. The second-order valence-corrected chi connectivity index (χ2v) is 7.79. The van der Waals surface area contributed by atoms with Gasteiger partial charge in [0.2, 0.25) is 10.0 Å². The fourth-order valence-electron chi connectivity index (χ4n) is 3.17. The van der Waals surface area contributed by atoms with E-state index in [2.05, 4.69) is 10.2 Å². The van der Waals surface area contributed by atoms with Crippen LogP contribution in [0.1, 0.15) is 12.0 Å². The van der Waals surface area contributed by atoms with Crippen LogP contribution in [0.4, 0.5) is 0 Å². The lowest BCUT2D eigenvalue weighted by molar-refractivity contribution is 0.145. The standard InChI is InChI=1S/C15H23N3O2S/c19-21(20,13-14-4-2-1-3-5-14)18-10-8-17(9-11-18)15-6-7-16-12-15/h1-5,15-16H,6-13H2. The third-order valence-corrected chi connectivity index (χ3v) is 6.26. The Morgan fingerprint density at radius 3 is 2.43 bits per heavy atom. The zero-order valence-electron chi connectivity index (χ0n) is 12.2. The van der Waals surface area contributed by atoms with Crippen LogP contribution >= 0.6 is 0 Å². The predicted molar refractivity (Wildman–Crippen MR) is 83.5 cm³/mol. The SMILES string of the molecule is O=S(=O)(Cc1ccccc1)N1CCN(C2CCNC2)CC1. The molecule has 2 aliphatic heterocycles. The first-order valence-electron chi connectivity index (χ1n) is 7.62. The number of nitrogens with one attached hydrogen (secondary N) is 1. The van der Waals surface area contributed by atoms with Gasteiger partial charge in [-0.05, 0) is 18.5 Å². The molecule has 3 rings (SSSR count). The molecule has 21 heavy (non-hydrogen) atoms. The molecule has 6 heteroatoms. The number of hydrogen-bond acceptors (Lipinski definition) is 4. The predicted octanol–water partition coefficient (Wildman–Crippen LogP) is 0.496. The maximum Gasteiger partial charge on any atom is 0.218 e. The van der Waals surface area contributed by atoms with Gasteiger partial charge in [-0.3, -0.25) is 4.90 Å². The lowest BCUT2D eigenvalue weighted by Crippen LogP contribution is -2.52. The number of sulfonamides is 1. The van der Waals surface area contributed by atoms with Gasteiger partial charge in [0.1, 0.15) is 0 Å². The normalized spacial score (nSPS) is 25.2. The van der Waals surface area contributed by atoms with E-state index < -0.39 is 10.0 Å². The summed E-state index contributed by atoms with van der Waals surface area (Å²) in [7, 11) is -3.19. The van der Waals surface area contributed by atoms with Crippen LogP contribution < -0.4 is 5.32 Å². The third-order valence-electron chi connectivity index (χ3n) is 4.41. The highest BCUT2D eigenvalue weighted by atomic mass is 32.2. The quantitative estimate of drug-likeness (QED) is 0.880. The minimum Gasteiger partial charge on any atom is -0.315 e. The van der Waals surface area contributed by atoms with E-state index in [0.717, 1.165) is 31.7 Å². The van der Waals surface area contributed by atoms with Crippen LogP contribution in [0, 0.1) is 0 Å². The van der Waals surface area contributed by atoms with Gasteiger partial charge in [0.15, 0.2) is 0 Å². The van der Waals surface area contributed by atoms with E-state index in [-0.39, 0.29) is 5.75 Å². The lowest BCUT2D eigenvalue weighted by atomic mass is 10.2. The maximum absolute atomic E-state index is 12.5. The molecule has 0 radical (unpaired) electrons. The number of hydrogen-bond donors (Lipinski definition) is 1. The number of rotatable bonds is 4. The molecule has 116 valence electrons. The average Bonchev–Trinajstić information content (AvgIpc) is 3.02. The van der Waals surface area contributed by atoms with E-state index in [4.69, 9.17) is 0 Å². The van der Waals surface area contributed by atoms with Crippen molar-refractivity contribution in [1.29, 1.82) is 0 Å². The Hall–Kier alpha value is -0.950.